The van der Waals surface area contributed by atoms with E-state index in [-0.39, 0.29) is 29.7 Å². The van der Waals surface area contributed by atoms with Crippen molar-refractivity contribution in [3.8, 4) is 0 Å². The van der Waals surface area contributed by atoms with Gasteiger partial charge in [0.1, 0.15) is 0 Å². The minimum Gasteiger partial charge on any atom is -0.352 e. The second kappa shape index (κ2) is 8.86. The first-order valence-corrected chi connectivity index (χ1v) is 10.0. The Hall–Kier alpha value is -3.55. The number of pyridine rings is 1. The standard InChI is InChI=1S/C22H23N5O3/c28-20(12-19-17-5-1-2-6-18(17)22(30)26-25-19)27-10-7-16(8-11-27)21(29)24-14-15-4-3-9-23-13-15/h1-6,9,13,16H,7-8,10-12,14H2,(H,24,29)(H,26,30). The van der Waals surface area contributed by atoms with Gasteiger partial charge in [-0.2, -0.15) is 5.10 Å². The number of nitrogens with one attached hydrogen (secondary N) is 2. The number of hydrogen-bond acceptors (Lipinski definition) is 5. The molecule has 8 heteroatoms. The number of benzene rings is 1. The molecule has 3 heterocycles. The summed E-state index contributed by atoms with van der Waals surface area (Å²) in [7, 11) is 0. The first-order valence-electron chi connectivity index (χ1n) is 10.0. The van der Waals surface area contributed by atoms with Gasteiger partial charge in [-0.05, 0) is 30.5 Å². The Balaban J connectivity index is 1.32. The van der Waals surface area contributed by atoms with Crippen LogP contribution >= 0.6 is 0 Å². The number of likely N-dealkylation sites (tertiary alicyclic amines) is 1. The monoisotopic (exact) mass is 405 g/mol. The van der Waals surface area contributed by atoms with Gasteiger partial charge in [-0.1, -0.05) is 24.3 Å². The molecule has 8 nitrogen and oxygen atoms in total. The van der Waals surface area contributed by atoms with Crippen LogP contribution in [0.25, 0.3) is 10.8 Å². The Morgan fingerprint density at radius 2 is 1.87 bits per heavy atom. The van der Waals surface area contributed by atoms with Crippen LogP contribution in [0.15, 0.2) is 53.6 Å². The van der Waals surface area contributed by atoms with Gasteiger partial charge in [0.2, 0.25) is 11.8 Å². The van der Waals surface area contributed by atoms with Gasteiger partial charge >= 0.3 is 0 Å². The molecule has 2 aromatic heterocycles. The molecule has 0 spiro atoms. The average molecular weight is 405 g/mol. The molecule has 3 aromatic rings. The van der Waals surface area contributed by atoms with Crippen LogP contribution in [0, 0.1) is 5.92 Å². The van der Waals surface area contributed by atoms with Gasteiger partial charge in [0.25, 0.3) is 5.56 Å². The van der Waals surface area contributed by atoms with Crippen LogP contribution in [0.3, 0.4) is 0 Å². The molecular weight excluding hydrogens is 382 g/mol. The molecule has 1 fully saturated rings. The van der Waals surface area contributed by atoms with Crippen LogP contribution in [-0.2, 0) is 22.6 Å². The van der Waals surface area contributed by atoms with E-state index in [9.17, 15) is 14.4 Å². The quantitative estimate of drug-likeness (QED) is 0.667. The Labute approximate surface area is 173 Å². The van der Waals surface area contributed by atoms with Crippen molar-refractivity contribution in [3.05, 3.63) is 70.4 Å². The zero-order chi connectivity index (χ0) is 20.9. The third-order valence-corrected chi connectivity index (χ3v) is 5.50. The molecule has 0 aliphatic carbocycles. The van der Waals surface area contributed by atoms with Crippen molar-refractivity contribution in [2.24, 2.45) is 5.92 Å². The highest BCUT2D eigenvalue weighted by Crippen LogP contribution is 2.19. The van der Waals surface area contributed by atoms with Gasteiger partial charge in [0.05, 0.1) is 17.5 Å². The van der Waals surface area contributed by atoms with Gasteiger partial charge in [-0.3, -0.25) is 19.4 Å². The number of fused-ring (bicyclic) bond motifs is 1. The van der Waals surface area contributed by atoms with Crippen molar-refractivity contribution in [2.75, 3.05) is 13.1 Å². The van der Waals surface area contributed by atoms with Gasteiger partial charge in [0, 0.05) is 43.3 Å². The Morgan fingerprint density at radius 1 is 1.10 bits per heavy atom. The van der Waals surface area contributed by atoms with E-state index in [1.54, 1.807) is 35.5 Å². The normalized spacial score (nSPS) is 14.6. The maximum atomic E-state index is 12.8. The third kappa shape index (κ3) is 4.37. The second-order valence-corrected chi connectivity index (χ2v) is 7.46. The summed E-state index contributed by atoms with van der Waals surface area (Å²) in [5.41, 5.74) is 1.26. The van der Waals surface area contributed by atoms with Crippen molar-refractivity contribution in [1.29, 1.82) is 0 Å². The highest BCUT2D eigenvalue weighted by Gasteiger charge is 2.27. The lowest BCUT2D eigenvalue weighted by Crippen LogP contribution is -2.43. The number of H-pyrrole nitrogens is 1. The minimum absolute atomic E-state index is 0.0132. The minimum atomic E-state index is -0.264. The van der Waals surface area contributed by atoms with Crippen molar-refractivity contribution in [2.45, 2.75) is 25.8 Å². The fourth-order valence-corrected chi connectivity index (χ4v) is 3.79. The number of rotatable bonds is 5. The first kappa shape index (κ1) is 19.8. The smallest absolute Gasteiger partial charge is 0.272 e. The molecule has 0 saturated carbocycles. The highest BCUT2D eigenvalue weighted by atomic mass is 16.2. The molecular formula is C22H23N5O3. The fourth-order valence-electron chi connectivity index (χ4n) is 3.79. The lowest BCUT2D eigenvalue weighted by molar-refractivity contribution is -0.135. The number of piperidine rings is 1. The van der Waals surface area contributed by atoms with Crippen LogP contribution in [0.4, 0.5) is 0 Å². The van der Waals surface area contributed by atoms with Crippen LogP contribution in [0.2, 0.25) is 0 Å². The predicted octanol–water partition coefficient (Wildman–Crippen LogP) is 1.42. The number of carbonyl (C=O) groups is 2. The van der Waals surface area contributed by atoms with Gasteiger partial charge in [-0.15, -0.1) is 0 Å². The van der Waals surface area contributed by atoms with Crippen molar-refractivity contribution >= 4 is 22.6 Å². The molecule has 1 aliphatic rings. The van der Waals surface area contributed by atoms with E-state index in [1.807, 2.05) is 18.2 Å². The van der Waals surface area contributed by atoms with Crippen LogP contribution < -0.4 is 10.9 Å². The lowest BCUT2D eigenvalue weighted by atomic mass is 9.95. The third-order valence-electron chi connectivity index (χ3n) is 5.50. The molecule has 2 amide bonds. The SMILES string of the molecule is O=C(NCc1cccnc1)C1CCN(C(=O)Cc2n[nH]c(=O)c3ccccc23)CC1. The zero-order valence-electron chi connectivity index (χ0n) is 16.5. The van der Waals surface area contributed by atoms with Crippen LogP contribution in [0.5, 0.6) is 0 Å². The Morgan fingerprint density at radius 3 is 2.60 bits per heavy atom. The molecule has 1 aromatic carbocycles. The number of carbonyl (C=O) groups excluding carboxylic acids is 2. The highest BCUT2D eigenvalue weighted by molar-refractivity contribution is 5.88. The topological polar surface area (TPSA) is 108 Å². The number of aromatic nitrogens is 3. The molecule has 4 rings (SSSR count). The maximum Gasteiger partial charge on any atom is 0.272 e. The molecule has 0 bridgehead atoms. The number of nitrogens with zero attached hydrogens (tertiary/aromatic N) is 3. The molecule has 1 aliphatic heterocycles. The zero-order valence-corrected chi connectivity index (χ0v) is 16.5. The van der Waals surface area contributed by atoms with E-state index < -0.39 is 0 Å². The number of aromatic amines is 1. The second-order valence-electron chi connectivity index (χ2n) is 7.46. The van der Waals surface area contributed by atoms with Crippen molar-refractivity contribution < 1.29 is 9.59 Å². The fraction of sp³-hybridized carbons (Fsp3) is 0.318. The molecule has 30 heavy (non-hydrogen) atoms. The Kier molecular flexibility index (Phi) is 5.83. The summed E-state index contributed by atoms with van der Waals surface area (Å²) in [4.78, 5) is 42.9. The van der Waals surface area contributed by atoms with E-state index in [1.165, 1.54) is 0 Å². The Bertz CT molecular complexity index is 1100. The summed E-state index contributed by atoms with van der Waals surface area (Å²) < 4.78 is 0. The van der Waals surface area contributed by atoms with Crippen LogP contribution in [-0.4, -0.2) is 45.0 Å². The van der Waals surface area contributed by atoms with Crippen molar-refractivity contribution in [3.63, 3.8) is 0 Å². The van der Waals surface area contributed by atoms with E-state index in [0.717, 1.165) is 5.56 Å². The first-order chi connectivity index (χ1) is 14.6. The maximum absolute atomic E-state index is 12.8. The summed E-state index contributed by atoms with van der Waals surface area (Å²) in [5, 5.41) is 10.7. The van der Waals surface area contributed by atoms with Gasteiger partial charge < -0.3 is 10.2 Å². The molecule has 1 saturated heterocycles. The average Bonchev–Trinajstić information content (AvgIpc) is 2.80. The molecule has 154 valence electrons. The van der Waals surface area contributed by atoms with Gasteiger partial charge in [0.15, 0.2) is 0 Å². The van der Waals surface area contributed by atoms with Crippen molar-refractivity contribution in [1.82, 2.24) is 25.4 Å². The molecule has 0 unspecified atom stereocenters. The summed E-state index contributed by atoms with van der Waals surface area (Å²) in [6.45, 7) is 1.52. The summed E-state index contributed by atoms with van der Waals surface area (Å²) >= 11 is 0. The van der Waals surface area contributed by atoms with E-state index in [4.69, 9.17) is 0 Å². The van der Waals surface area contributed by atoms with E-state index >= 15 is 0 Å². The van der Waals surface area contributed by atoms with E-state index in [2.05, 4.69) is 20.5 Å². The largest absolute Gasteiger partial charge is 0.352 e. The van der Waals surface area contributed by atoms with Crippen LogP contribution in [0.1, 0.15) is 24.1 Å². The number of amides is 2. The molecule has 0 atom stereocenters. The molecule has 2 N–H and O–H groups in total. The molecule has 0 radical (unpaired) electrons. The van der Waals surface area contributed by atoms with Gasteiger partial charge in [-0.25, -0.2) is 5.10 Å². The predicted molar refractivity (Wildman–Crippen MR) is 111 cm³/mol. The summed E-state index contributed by atoms with van der Waals surface area (Å²) in [6.07, 6.45) is 4.81. The van der Waals surface area contributed by atoms with E-state index in [0.29, 0.717) is 48.9 Å². The summed E-state index contributed by atoms with van der Waals surface area (Å²) in [5.74, 6) is -0.133. The number of hydrogen-bond donors (Lipinski definition) is 2. The summed E-state index contributed by atoms with van der Waals surface area (Å²) in [6, 6.07) is 10.9. The lowest BCUT2D eigenvalue weighted by Gasteiger charge is -2.31.